The Balaban J connectivity index is 1.58. The molecule has 0 unspecified atom stereocenters. The number of halogens is 1. The van der Waals surface area contributed by atoms with Crippen molar-refractivity contribution >= 4 is 39.4 Å². The van der Waals surface area contributed by atoms with Gasteiger partial charge in [0.05, 0.1) is 18.4 Å². The van der Waals surface area contributed by atoms with Crippen molar-refractivity contribution < 1.29 is 4.79 Å². The lowest BCUT2D eigenvalue weighted by Gasteiger charge is -2.23. The fourth-order valence-electron chi connectivity index (χ4n) is 4.86. The van der Waals surface area contributed by atoms with Crippen LogP contribution in [0.25, 0.3) is 21.9 Å². The largest absolute Gasteiger partial charge is 0.352 e. The van der Waals surface area contributed by atoms with Crippen molar-refractivity contribution in [1.29, 1.82) is 0 Å². The molecule has 6 nitrogen and oxygen atoms in total. The van der Waals surface area contributed by atoms with Crippen molar-refractivity contribution in [2.24, 2.45) is 0 Å². The lowest BCUT2D eigenvalue weighted by molar-refractivity contribution is -0.122. The number of amides is 1. The van der Waals surface area contributed by atoms with Crippen LogP contribution in [0.1, 0.15) is 43.2 Å². The van der Waals surface area contributed by atoms with Gasteiger partial charge in [0.25, 0.3) is 5.56 Å². The predicted molar refractivity (Wildman–Crippen MR) is 132 cm³/mol. The number of rotatable bonds is 5. The SMILES string of the molecule is Cc1ccc2c(c1)c1ncn(Cc3ccccc3Cl)c(=O)c1n2CC(=O)NC1CCCCC1. The minimum atomic E-state index is -0.181. The van der Waals surface area contributed by atoms with Crippen LogP contribution in [0.4, 0.5) is 0 Å². The fourth-order valence-corrected chi connectivity index (χ4v) is 5.06. The third-order valence-corrected chi connectivity index (χ3v) is 6.92. The van der Waals surface area contributed by atoms with Crippen LogP contribution in [-0.4, -0.2) is 26.1 Å². The zero-order valence-electron chi connectivity index (χ0n) is 18.7. The van der Waals surface area contributed by atoms with E-state index in [1.807, 2.05) is 54.0 Å². The number of hydrogen-bond donors (Lipinski definition) is 1. The molecule has 5 rings (SSSR count). The van der Waals surface area contributed by atoms with Crippen molar-refractivity contribution in [2.75, 3.05) is 0 Å². The lowest BCUT2D eigenvalue weighted by atomic mass is 9.95. The molecule has 0 atom stereocenters. The van der Waals surface area contributed by atoms with Crippen LogP contribution >= 0.6 is 11.6 Å². The van der Waals surface area contributed by atoms with E-state index in [1.165, 1.54) is 6.42 Å². The smallest absolute Gasteiger partial charge is 0.278 e. The first-order valence-electron chi connectivity index (χ1n) is 11.5. The van der Waals surface area contributed by atoms with E-state index in [9.17, 15) is 9.59 Å². The van der Waals surface area contributed by atoms with Gasteiger partial charge in [-0.25, -0.2) is 4.98 Å². The summed E-state index contributed by atoms with van der Waals surface area (Å²) in [6, 6.07) is 13.7. The van der Waals surface area contributed by atoms with E-state index < -0.39 is 0 Å². The van der Waals surface area contributed by atoms with E-state index in [0.717, 1.165) is 47.7 Å². The van der Waals surface area contributed by atoms with Gasteiger partial charge in [-0.05, 0) is 43.5 Å². The van der Waals surface area contributed by atoms with Crippen LogP contribution < -0.4 is 10.9 Å². The minimum Gasteiger partial charge on any atom is -0.352 e. The van der Waals surface area contributed by atoms with E-state index in [-0.39, 0.29) is 24.1 Å². The Hall–Kier alpha value is -3.12. The number of benzene rings is 2. The van der Waals surface area contributed by atoms with Crippen molar-refractivity contribution in [1.82, 2.24) is 19.4 Å². The van der Waals surface area contributed by atoms with Crippen LogP contribution in [0.2, 0.25) is 5.02 Å². The van der Waals surface area contributed by atoms with E-state index in [4.69, 9.17) is 11.6 Å². The second-order valence-electron chi connectivity index (χ2n) is 8.98. The summed E-state index contributed by atoms with van der Waals surface area (Å²) in [5.74, 6) is -0.0674. The van der Waals surface area contributed by atoms with Gasteiger partial charge < -0.3 is 9.88 Å². The first-order valence-corrected chi connectivity index (χ1v) is 11.9. The van der Waals surface area contributed by atoms with E-state index in [0.29, 0.717) is 22.6 Å². The molecule has 0 bridgehead atoms. The van der Waals surface area contributed by atoms with Gasteiger partial charge in [0.1, 0.15) is 17.6 Å². The van der Waals surface area contributed by atoms with Gasteiger partial charge in [-0.1, -0.05) is 60.7 Å². The Kier molecular flexibility index (Phi) is 5.94. The summed E-state index contributed by atoms with van der Waals surface area (Å²) < 4.78 is 3.38. The molecule has 7 heteroatoms. The summed E-state index contributed by atoms with van der Waals surface area (Å²) in [4.78, 5) is 31.3. The molecule has 0 spiro atoms. The van der Waals surface area contributed by atoms with E-state index >= 15 is 0 Å². The molecule has 0 saturated heterocycles. The summed E-state index contributed by atoms with van der Waals surface area (Å²) in [5, 5.41) is 4.66. The average molecular weight is 463 g/mol. The number of aryl methyl sites for hydroxylation is 1. The van der Waals surface area contributed by atoms with E-state index in [2.05, 4.69) is 10.3 Å². The van der Waals surface area contributed by atoms with Crippen LogP contribution in [0.15, 0.2) is 53.6 Å². The molecule has 1 aliphatic rings. The molecule has 33 heavy (non-hydrogen) atoms. The van der Waals surface area contributed by atoms with Crippen molar-refractivity contribution in [3.63, 3.8) is 0 Å². The minimum absolute atomic E-state index is 0.0674. The molecule has 0 aliphatic heterocycles. The highest BCUT2D eigenvalue weighted by atomic mass is 35.5. The first-order chi connectivity index (χ1) is 16.0. The highest BCUT2D eigenvalue weighted by Gasteiger charge is 2.21. The summed E-state index contributed by atoms with van der Waals surface area (Å²) in [6.07, 6.45) is 7.14. The molecule has 1 saturated carbocycles. The second-order valence-corrected chi connectivity index (χ2v) is 9.38. The van der Waals surface area contributed by atoms with Gasteiger partial charge in [-0.3, -0.25) is 14.2 Å². The van der Waals surface area contributed by atoms with Crippen LogP contribution in [0, 0.1) is 6.92 Å². The monoisotopic (exact) mass is 462 g/mol. The van der Waals surface area contributed by atoms with Gasteiger partial charge in [0.15, 0.2) is 0 Å². The highest BCUT2D eigenvalue weighted by molar-refractivity contribution is 6.31. The summed E-state index contributed by atoms with van der Waals surface area (Å²) in [6.45, 7) is 2.42. The quantitative estimate of drug-likeness (QED) is 0.462. The molecular formula is C26H27ClN4O2. The number of nitrogens with one attached hydrogen (secondary N) is 1. The number of hydrogen-bond acceptors (Lipinski definition) is 3. The zero-order chi connectivity index (χ0) is 22.9. The van der Waals surface area contributed by atoms with Crippen LogP contribution in [-0.2, 0) is 17.9 Å². The molecule has 0 radical (unpaired) electrons. The van der Waals surface area contributed by atoms with Gasteiger partial charge >= 0.3 is 0 Å². The van der Waals surface area contributed by atoms with Crippen LogP contribution in [0.5, 0.6) is 0 Å². The molecule has 1 aliphatic carbocycles. The summed E-state index contributed by atoms with van der Waals surface area (Å²) >= 11 is 6.33. The Morgan fingerprint density at radius 2 is 1.94 bits per heavy atom. The van der Waals surface area contributed by atoms with Crippen molar-refractivity contribution in [2.45, 2.75) is 58.2 Å². The number of nitrogens with zero attached hydrogens (tertiary/aromatic N) is 3. The summed E-state index contributed by atoms with van der Waals surface area (Å²) in [7, 11) is 0. The van der Waals surface area contributed by atoms with Crippen LogP contribution in [0.3, 0.4) is 0 Å². The Bertz CT molecular complexity index is 1400. The molecular weight excluding hydrogens is 436 g/mol. The number of carbonyl (C=O) groups excluding carboxylic acids is 1. The molecule has 2 aromatic carbocycles. The van der Waals surface area contributed by atoms with Crippen molar-refractivity contribution in [3.8, 4) is 0 Å². The molecule has 1 amide bonds. The predicted octanol–water partition coefficient (Wildman–Crippen LogP) is 4.81. The zero-order valence-corrected chi connectivity index (χ0v) is 19.4. The molecule has 1 N–H and O–H groups in total. The normalized spacial score (nSPS) is 14.7. The summed E-state index contributed by atoms with van der Waals surface area (Å²) in [5.41, 5.74) is 3.66. The molecule has 4 aromatic rings. The third kappa shape index (κ3) is 4.27. The highest BCUT2D eigenvalue weighted by Crippen LogP contribution is 2.27. The number of fused-ring (bicyclic) bond motifs is 3. The maximum Gasteiger partial charge on any atom is 0.278 e. The van der Waals surface area contributed by atoms with E-state index in [1.54, 1.807) is 10.9 Å². The van der Waals surface area contributed by atoms with Crippen molar-refractivity contribution in [3.05, 3.63) is 75.3 Å². The second kappa shape index (κ2) is 9.02. The maximum absolute atomic E-state index is 13.6. The Labute approximate surface area is 197 Å². The van der Waals surface area contributed by atoms with Gasteiger partial charge in [0.2, 0.25) is 5.91 Å². The average Bonchev–Trinajstić information content (AvgIpc) is 3.11. The van der Waals surface area contributed by atoms with Gasteiger partial charge in [-0.2, -0.15) is 0 Å². The topological polar surface area (TPSA) is 68.9 Å². The standard InChI is InChI=1S/C26H27ClN4O2/c1-17-11-12-22-20(13-17)24-25(31(22)15-23(32)29-19-8-3-2-4-9-19)26(33)30(16-28-24)14-18-7-5-6-10-21(18)27/h5-7,10-13,16,19H,2-4,8-9,14-15H2,1H3,(H,29,32). The Morgan fingerprint density at radius 3 is 2.73 bits per heavy atom. The number of aromatic nitrogens is 3. The van der Waals surface area contributed by atoms with Gasteiger partial charge in [0, 0.05) is 16.5 Å². The third-order valence-electron chi connectivity index (χ3n) is 6.55. The molecule has 2 heterocycles. The Morgan fingerprint density at radius 1 is 1.15 bits per heavy atom. The van der Waals surface area contributed by atoms with Gasteiger partial charge in [-0.15, -0.1) is 0 Å². The number of carbonyl (C=O) groups is 1. The molecule has 2 aromatic heterocycles. The molecule has 1 fully saturated rings. The first kappa shape index (κ1) is 21.7. The molecule has 170 valence electrons. The fraction of sp³-hybridized carbons (Fsp3) is 0.346. The maximum atomic E-state index is 13.6. The lowest BCUT2D eigenvalue weighted by Crippen LogP contribution is -2.38.